The predicted molar refractivity (Wildman–Crippen MR) is 59.8 cm³/mol. The Balaban J connectivity index is 2.08. The van der Waals surface area contributed by atoms with E-state index in [1.54, 1.807) is 0 Å². The first-order valence-corrected chi connectivity index (χ1v) is 5.95. The summed E-state index contributed by atoms with van der Waals surface area (Å²) < 4.78 is 0. The number of carboxylic acids is 1. The number of aromatic amines is 1. The molecule has 0 atom stereocenters. The molecule has 0 unspecified atom stereocenters. The molecule has 0 aromatic carbocycles. The minimum absolute atomic E-state index is 0.455. The average molecular weight is 220 g/mol. The van der Waals surface area contributed by atoms with Crippen molar-refractivity contribution in [2.24, 2.45) is 0 Å². The van der Waals surface area contributed by atoms with Gasteiger partial charge in [-0.2, -0.15) is 0 Å². The van der Waals surface area contributed by atoms with Gasteiger partial charge in [0.1, 0.15) is 0 Å². The van der Waals surface area contributed by atoms with Crippen molar-refractivity contribution in [3.05, 3.63) is 22.5 Å². The first-order chi connectivity index (χ1) is 7.77. The SMILES string of the molecule is O=C(O)c1c(C2CCC2)[nH]c2c1CCNC2. The summed E-state index contributed by atoms with van der Waals surface area (Å²) in [5, 5.41) is 12.6. The lowest BCUT2D eigenvalue weighted by Crippen LogP contribution is -2.24. The zero-order valence-electron chi connectivity index (χ0n) is 9.18. The molecule has 16 heavy (non-hydrogen) atoms. The third-order valence-corrected chi connectivity index (χ3v) is 3.80. The predicted octanol–water partition coefficient (Wildman–Crippen LogP) is 1.63. The highest BCUT2D eigenvalue weighted by Crippen LogP contribution is 2.39. The van der Waals surface area contributed by atoms with E-state index in [1.165, 1.54) is 6.42 Å². The Morgan fingerprint density at radius 2 is 2.19 bits per heavy atom. The quantitative estimate of drug-likeness (QED) is 0.709. The molecule has 0 bridgehead atoms. The molecular weight excluding hydrogens is 204 g/mol. The van der Waals surface area contributed by atoms with E-state index in [9.17, 15) is 9.90 Å². The van der Waals surface area contributed by atoms with Crippen molar-refractivity contribution in [3.8, 4) is 0 Å². The second kappa shape index (κ2) is 3.63. The molecule has 3 rings (SSSR count). The number of H-pyrrole nitrogens is 1. The molecule has 0 radical (unpaired) electrons. The summed E-state index contributed by atoms with van der Waals surface area (Å²) in [4.78, 5) is 14.7. The van der Waals surface area contributed by atoms with Crippen molar-refractivity contribution in [1.82, 2.24) is 10.3 Å². The van der Waals surface area contributed by atoms with Crippen LogP contribution in [-0.2, 0) is 13.0 Å². The fraction of sp³-hybridized carbons (Fsp3) is 0.583. The van der Waals surface area contributed by atoms with Gasteiger partial charge in [-0.15, -0.1) is 0 Å². The van der Waals surface area contributed by atoms with Gasteiger partial charge in [-0.05, 0) is 37.3 Å². The molecule has 0 saturated heterocycles. The highest BCUT2D eigenvalue weighted by Gasteiger charge is 2.31. The van der Waals surface area contributed by atoms with Crippen LogP contribution in [0, 0.1) is 0 Å². The highest BCUT2D eigenvalue weighted by atomic mass is 16.4. The van der Waals surface area contributed by atoms with E-state index in [-0.39, 0.29) is 0 Å². The number of carboxylic acid groups (broad SMARTS) is 1. The molecule has 4 heteroatoms. The van der Waals surface area contributed by atoms with Gasteiger partial charge in [-0.3, -0.25) is 0 Å². The third-order valence-electron chi connectivity index (χ3n) is 3.80. The van der Waals surface area contributed by atoms with Crippen molar-refractivity contribution >= 4 is 5.97 Å². The Bertz CT molecular complexity index is 432. The molecule has 1 aliphatic carbocycles. The summed E-state index contributed by atoms with van der Waals surface area (Å²) in [5.74, 6) is -0.307. The minimum atomic E-state index is -0.763. The maximum Gasteiger partial charge on any atom is 0.337 e. The maximum atomic E-state index is 11.4. The van der Waals surface area contributed by atoms with E-state index in [4.69, 9.17) is 0 Å². The summed E-state index contributed by atoms with van der Waals surface area (Å²) in [7, 11) is 0. The average Bonchev–Trinajstić information content (AvgIpc) is 2.53. The van der Waals surface area contributed by atoms with Gasteiger partial charge in [0.15, 0.2) is 0 Å². The molecule has 2 heterocycles. The summed E-state index contributed by atoms with van der Waals surface area (Å²) >= 11 is 0. The number of aromatic carboxylic acids is 1. The summed E-state index contributed by atoms with van der Waals surface area (Å²) in [6.07, 6.45) is 4.33. The van der Waals surface area contributed by atoms with Crippen LogP contribution in [0.1, 0.15) is 52.5 Å². The van der Waals surface area contributed by atoms with E-state index < -0.39 is 5.97 Å². The lowest BCUT2D eigenvalue weighted by atomic mass is 9.81. The van der Waals surface area contributed by atoms with E-state index >= 15 is 0 Å². The summed E-state index contributed by atoms with van der Waals surface area (Å²) in [6, 6.07) is 0. The first kappa shape index (κ1) is 9.90. The Kier molecular flexibility index (Phi) is 2.24. The van der Waals surface area contributed by atoms with Crippen molar-refractivity contribution in [3.63, 3.8) is 0 Å². The van der Waals surface area contributed by atoms with Crippen LogP contribution < -0.4 is 5.32 Å². The van der Waals surface area contributed by atoms with Gasteiger partial charge in [-0.1, -0.05) is 6.42 Å². The van der Waals surface area contributed by atoms with Crippen molar-refractivity contribution in [2.75, 3.05) is 6.54 Å². The van der Waals surface area contributed by atoms with E-state index in [0.29, 0.717) is 11.5 Å². The standard InChI is InChI=1S/C12H16N2O2/c15-12(16)10-8-4-5-13-6-9(8)14-11(10)7-2-1-3-7/h7,13-14H,1-6H2,(H,15,16). The number of rotatable bonds is 2. The molecule has 2 aliphatic rings. The molecule has 86 valence electrons. The van der Waals surface area contributed by atoms with E-state index in [2.05, 4.69) is 10.3 Å². The molecule has 3 N–H and O–H groups in total. The molecule has 1 aromatic rings. The van der Waals surface area contributed by atoms with E-state index in [1.807, 2.05) is 0 Å². The molecule has 1 aliphatic heterocycles. The zero-order valence-corrected chi connectivity index (χ0v) is 9.18. The van der Waals surface area contributed by atoms with Crippen LogP contribution in [0.2, 0.25) is 0 Å². The van der Waals surface area contributed by atoms with Crippen LogP contribution >= 0.6 is 0 Å². The second-order valence-electron chi connectivity index (χ2n) is 4.73. The molecule has 1 saturated carbocycles. The van der Waals surface area contributed by atoms with Crippen LogP contribution in [0.15, 0.2) is 0 Å². The molecule has 1 aromatic heterocycles. The Hall–Kier alpha value is -1.29. The van der Waals surface area contributed by atoms with E-state index in [0.717, 1.165) is 49.3 Å². The second-order valence-corrected chi connectivity index (χ2v) is 4.73. The van der Waals surface area contributed by atoms with Gasteiger partial charge in [-0.25, -0.2) is 4.79 Å². The van der Waals surface area contributed by atoms with Crippen LogP contribution in [0.3, 0.4) is 0 Å². The minimum Gasteiger partial charge on any atom is -0.478 e. The summed E-state index contributed by atoms with van der Waals surface area (Å²) in [5.41, 5.74) is 3.67. The number of nitrogens with one attached hydrogen (secondary N) is 2. The third kappa shape index (κ3) is 1.37. The van der Waals surface area contributed by atoms with Crippen LogP contribution in [0.25, 0.3) is 0 Å². The van der Waals surface area contributed by atoms with Crippen LogP contribution in [-0.4, -0.2) is 22.6 Å². The van der Waals surface area contributed by atoms with Gasteiger partial charge in [0, 0.05) is 17.9 Å². The van der Waals surface area contributed by atoms with Crippen molar-refractivity contribution in [2.45, 2.75) is 38.1 Å². The molecule has 4 nitrogen and oxygen atoms in total. The van der Waals surface area contributed by atoms with Crippen molar-refractivity contribution in [1.29, 1.82) is 0 Å². The number of hydrogen-bond donors (Lipinski definition) is 3. The maximum absolute atomic E-state index is 11.4. The highest BCUT2D eigenvalue weighted by molar-refractivity contribution is 5.91. The number of hydrogen-bond acceptors (Lipinski definition) is 2. The smallest absolute Gasteiger partial charge is 0.337 e. The molecule has 0 spiro atoms. The van der Waals surface area contributed by atoms with Gasteiger partial charge in [0.05, 0.1) is 5.56 Å². The fourth-order valence-electron chi connectivity index (χ4n) is 2.71. The Labute approximate surface area is 94.1 Å². The Morgan fingerprint density at radius 3 is 2.81 bits per heavy atom. The fourth-order valence-corrected chi connectivity index (χ4v) is 2.71. The molecule has 1 fully saturated rings. The van der Waals surface area contributed by atoms with Gasteiger partial charge in [0.2, 0.25) is 0 Å². The largest absolute Gasteiger partial charge is 0.478 e. The van der Waals surface area contributed by atoms with Crippen LogP contribution in [0.4, 0.5) is 0 Å². The first-order valence-electron chi connectivity index (χ1n) is 5.95. The summed E-state index contributed by atoms with van der Waals surface area (Å²) in [6.45, 7) is 1.66. The topological polar surface area (TPSA) is 65.1 Å². The van der Waals surface area contributed by atoms with Gasteiger partial charge >= 0.3 is 5.97 Å². The lowest BCUT2D eigenvalue weighted by molar-refractivity contribution is 0.0693. The van der Waals surface area contributed by atoms with Crippen molar-refractivity contribution < 1.29 is 9.90 Å². The number of fused-ring (bicyclic) bond motifs is 1. The normalized spacial score (nSPS) is 20.2. The lowest BCUT2D eigenvalue weighted by Gasteiger charge is -2.25. The van der Waals surface area contributed by atoms with Crippen LogP contribution in [0.5, 0.6) is 0 Å². The molecular formula is C12H16N2O2. The number of aromatic nitrogens is 1. The number of carbonyl (C=O) groups is 1. The monoisotopic (exact) mass is 220 g/mol. The Morgan fingerprint density at radius 1 is 1.38 bits per heavy atom. The van der Waals surface area contributed by atoms with Gasteiger partial charge < -0.3 is 15.4 Å². The van der Waals surface area contributed by atoms with Gasteiger partial charge in [0.25, 0.3) is 0 Å². The zero-order chi connectivity index (χ0) is 11.1. The molecule has 0 amide bonds.